The van der Waals surface area contributed by atoms with Crippen LogP contribution in [0.3, 0.4) is 0 Å². The number of fused-ring (bicyclic) bond motifs is 2. The molecule has 7 rings (SSSR count). The third-order valence-corrected chi connectivity index (χ3v) is 10.1. The summed E-state index contributed by atoms with van der Waals surface area (Å²) in [7, 11) is 2.14. The number of likely N-dealkylation sites (tertiary alicyclic amines) is 1. The van der Waals surface area contributed by atoms with Gasteiger partial charge in [-0.25, -0.2) is 11.4 Å². The second kappa shape index (κ2) is 14.1. The van der Waals surface area contributed by atoms with Crippen LogP contribution in [0.4, 0.5) is 16.3 Å². The fourth-order valence-corrected chi connectivity index (χ4v) is 7.40. The van der Waals surface area contributed by atoms with Crippen LogP contribution in [0.15, 0.2) is 66.7 Å². The summed E-state index contributed by atoms with van der Waals surface area (Å²) in [6, 6.07) is 23.1. The summed E-state index contributed by atoms with van der Waals surface area (Å²) in [5, 5.41) is 2.51. The van der Waals surface area contributed by atoms with Crippen molar-refractivity contribution in [3.63, 3.8) is 0 Å². The van der Waals surface area contributed by atoms with Gasteiger partial charge in [-0.3, -0.25) is 4.90 Å². The van der Waals surface area contributed by atoms with E-state index >= 15 is 0 Å². The van der Waals surface area contributed by atoms with Crippen molar-refractivity contribution in [1.82, 2.24) is 19.8 Å². The van der Waals surface area contributed by atoms with E-state index in [0.717, 1.165) is 48.6 Å². The smallest absolute Gasteiger partial charge is 0.410 e. The molecule has 48 heavy (non-hydrogen) atoms. The van der Waals surface area contributed by atoms with Gasteiger partial charge in [0.2, 0.25) is 6.54 Å². The van der Waals surface area contributed by atoms with E-state index in [4.69, 9.17) is 26.0 Å². The number of carbonyl (C=O) groups excluding carboxylic acids is 1. The van der Waals surface area contributed by atoms with E-state index in [2.05, 4.69) is 69.9 Å². The van der Waals surface area contributed by atoms with E-state index in [1.54, 1.807) is 4.90 Å². The first-order chi connectivity index (χ1) is 23.5. The van der Waals surface area contributed by atoms with Gasteiger partial charge in [-0.1, -0.05) is 60.7 Å². The van der Waals surface area contributed by atoms with Crippen LogP contribution in [0.25, 0.3) is 15.6 Å². The largest absolute Gasteiger partial charge is 0.462 e. The van der Waals surface area contributed by atoms with Gasteiger partial charge < -0.3 is 29.0 Å². The van der Waals surface area contributed by atoms with E-state index in [9.17, 15) is 4.79 Å². The number of likely N-dealkylation sites (N-methyl/N-ethyl adjacent to an activating group) is 1. The number of amides is 1. The zero-order valence-corrected chi connectivity index (χ0v) is 27.8. The number of hydrogen-bond acceptors (Lipinski definition) is 8. The molecule has 0 saturated carbocycles. The fraction of sp³-hybridized carbons (Fsp3) is 0.421. The lowest BCUT2D eigenvalue weighted by atomic mass is 9.99. The first-order valence-corrected chi connectivity index (χ1v) is 17.0. The Morgan fingerprint density at radius 2 is 1.79 bits per heavy atom. The topological polar surface area (TPSA) is 78.6 Å². The van der Waals surface area contributed by atoms with E-state index in [-0.39, 0.29) is 25.3 Å². The molecule has 4 heterocycles. The molecule has 4 aromatic rings. The minimum atomic E-state index is -0.386. The SMILES string of the molecule is [C-]#[N+]C[C@H]1CN(c2nc(OC[C@@H]3CCCN3C)nc3c2CCN(c2cccc4cccc(C)c24)C3)CCN1C(=O)OCc1ccccc1. The number of nitrogens with zero attached hydrogens (tertiary/aromatic N) is 7. The van der Waals surface area contributed by atoms with Crippen molar-refractivity contribution in [3.8, 4) is 6.01 Å². The van der Waals surface area contributed by atoms with Crippen LogP contribution in [0, 0.1) is 13.5 Å². The molecule has 1 amide bonds. The van der Waals surface area contributed by atoms with E-state index < -0.39 is 0 Å². The fourth-order valence-electron chi connectivity index (χ4n) is 7.40. The summed E-state index contributed by atoms with van der Waals surface area (Å²) in [4.78, 5) is 35.7. The summed E-state index contributed by atoms with van der Waals surface area (Å²) < 4.78 is 12.0. The molecule has 10 nitrogen and oxygen atoms in total. The third-order valence-electron chi connectivity index (χ3n) is 10.1. The maximum atomic E-state index is 13.2. The quantitative estimate of drug-likeness (QED) is 0.225. The predicted molar refractivity (Wildman–Crippen MR) is 187 cm³/mol. The minimum absolute atomic E-state index is 0.190. The summed E-state index contributed by atoms with van der Waals surface area (Å²) in [5.74, 6) is 0.857. The molecule has 0 spiro atoms. The number of aromatic nitrogens is 2. The summed E-state index contributed by atoms with van der Waals surface area (Å²) in [5.41, 5.74) is 5.50. The Bertz CT molecular complexity index is 1800. The lowest BCUT2D eigenvalue weighted by Crippen LogP contribution is -2.57. The first kappa shape index (κ1) is 31.7. The number of ether oxygens (including phenoxy) is 2. The molecule has 0 bridgehead atoms. The Kier molecular flexibility index (Phi) is 9.30. The number of carbonyl (C=O) groups is 1. The summed E-state index contributed by atoms with van der Waals surface area (Å²) in [6.07, 6.45) is 2.66. The molecule has 2 saturated heterocycles. The normalized spacial score (nSPS) is 19.6. The Balaban J connectivity index is 1.16. The van der Waals surface area contributed by atoms with Crippen LogP contribution >= 0.6 is 0 Å². The Morgan fingerprint density at radius 1 is 0.958 bits per heavy atom. The minimum Gasteiger partial charge on any atom is -0.462 e. The number of anilines is 2. The van der Waals surface area contributed by atoms with Crippen molar-refractivity contribution in [2.75, 3.05) is 62.7 Å². The van der Waals surface area contributed by atoms with Crippen molar-refractivity contribution < 1.29 is 14.3 Å². The van der Waals surface area contributed by atoms with Crippen molar-refractivity contribution in [2.45, 2.75) is 51.4 Å². The van der Waals surface area contributed by atoms with Gasteiger partial charge >= 0.3 is 12.1 Å². The van der Waals surface area contributed by atoms with E-state index in [0.29, 0.717) is 44.8 Å². The maximum Gasteiger partial charge on any atom is 0.410 e. The van der Waals surface area contributed by atoms with Crippen LogP contribution in [0.2, 0.25) is 0 Å². The molecule has 248 valence electrons. The number of piperazine rings is 1. The molecule has 2 fully saturated rings. The van der Waals surface area contributed by atoms with Crippen LogP contribution in [0.5, 0.6) is 6.01 Å². The highest BCUT2D eigenvalue weighted by molar-refractivity contribution is 5.97. The maximum absolute atomic E-state index is 13.2. The zero-order valence-electron chi connectivity index (χ0n) is 27.8. The zero-order chi connectivity index (χ0) is 33.0. The second-order valence-corrected chi connectivity index (χ2v) is 13.1. The highest BCUT2D eigenvalue weighted by Gasteiger charge is 2.36. The van der Waals surface area contributed by atoms with Crippen molar-refractivity contribution in [1.29, 1.82) is 0 Å². The van der Waals surface area contributed by atoms with Crippen molar-refractivity contribution in [3.05, 3.63) is 101 Å². The molecule has 3 aliphatic rings. The number of hydrogen-bond donors (Lipinski definition) is 0. The van der Waals surface area contributed by atoms with Crippen LogP contribution in [-0.4, -0.2) is 90.9 Å². The molecular weight excluding hydrogens is 602 g/mol. The van der Waals surface area contributed by atoms with Crippen molar-refractivity contribution in [2.24, 2.45) is 0 Å². The molecular formula is C38H43N7O3. The molecule has 1 aromatic heterocycles. The van der Waals surface area contributed by atoms with E-state index in [1.165, 1.54) is 28.4 Å². The summed E-state index contributed by atoms with van der Waals surface area (Å²) in [6.45, 7) is 14.8. The Hall–Kier alpha value is -4.88. The molecule has 0 radical (unpaired) electrons. The molecule has 0 aliphatic carbocycles. The average Bonchev–Trinajstić information content (AvgIpc) is 3.53. The number of rotatable bonds is 8. The molecule has 3 aliphatic heterocycles. The van der Waals surface area contributed by atoms with Gasteiger partial charge in [-0.05, 0) is 62.4 Å². The molecule has 3 aromatic carbocycles. The van der Waals surface area contributed by atoms with Crippen LogP contribution < -0.4 is 14.5 Å². The molecule has 2 atom stereocenters. The lowest BCUT2D eigenvalue weighted by molar-refractivity contribution is 0.0788. The van der Waals surface area contributed by atoms with Gasteiger partial charge in [-0.15, -0.1) is 0 Å². The third kappa shape index (κ3) is 6.60. The summed E-state index contributed by atoms with van der Waals surface area (Å²) >= 11 is 0. The first-order valence-electron chi connectivity index (χ1n) is 17.0. The van der Waals surface area contributed by atoms with Gasteiger partial charge in [-0.2, -0.15) is 9.97 Å². The number of benzene rings is 3. The molecule has 0 N–H and O–H groups in total. The highest BCUT2D eigenvalue weighted by Crippen LogP contribution is 2.36. The van der Waals surface area contributed by atoms with Gasteiger partial charge in [0.05, 0.1) is 12.2 Å². The molecule has 10 heteroatoms. The second-order valence-electron chi connectivity index (χ2n) is 13.1. The van der Waals surface area contributed by atoms with Gasteiger partial charge in [0.25, 0.3) is 0 Å². The van der Waals surface area contributed by atoms with Crippen LogP contribution in [0.1, 0.15) is 35.2 Å². The van der Waals surface area contributed by atoms with Gasteiger partial charge in [0.15, 0.2) is 0 Å². The van der Waals surface area contributed by atoms with Crippen LogP contribution in [-0.2, 0) is 24.3 Å². The standard InChI is InChI=1S/C38H43N7O3/c1-27-10-7-13-29-14-8-16-34(35(27)29)43-19-17-32-33(24-43)40-37(47-26-30-15-9-18-42(30)3)41-36(32)44-20-21-45(31(23-44)22-39-2)38(46)48-25-28-11-5-4-6-12-28/h4-8,10-14,16,30-31H,9,15,17-26H2,1,3H3/t30-,31-/m0/s1. The predicted octanol–water partition coefficient (Wildman–Crippen LogP) is 5.72. The van der Waals surface area contributed by atoms with E-state index in [1.807, 2.05) is 30.3 Å². The number of aryl methyl sites for hydroxylation is 1. The Morgan fingerprint density at radius 3 is 2.58 bits per heavy atom. The Labute approximate surface area is 282 Å². The lowest BCUT2D eigenvalue weighted by Gasteiger charge is -2.40. The van der Waals surface area contributed by atoms with Gasteiger partial charge in [0.1, 0.15) is 25.1 Å². The molecule has 0 unspecified atom stereocenters. The average molecular weight is 646 g/mol. The highest BCUT2D eigenvalue weighted by atomic mass is 16.6. The monoisotopic (exact) mass is 645 g/mol. The van der Waals surface area contributed by atoms with Crippen molar-refractivity contribution >= 4 is 28.4 Å². The van der Waals surface area contributed by atoms with Gasteiger partial charge in [0, 0.05) is 48.9 Å².